The molecule has 1 N–H and O–H groups in total. The fourth-order valence-electron chi connectivity index (χ4n) is 2.78. The number of carbonyl (C=O) groups excluding carboxylic acids is 1. The van der Waals surface area contributed by atoms with Crippen LogP contribution in [0.2, 0.25) is 10.0 Å². The van der Waals surface area contributed by atoms with E-state index >= 15 is 0 Å². The van der Waals surface area contributed by atoms with E-state index < -0.39 is 0 Å². The van der Waals surface area contributed by atoms with Crippen LogP contribution in [0.15, 0.2) is 30.3 Å². The van der Waals surface area contributed by atoms with Crippen molar-refractivity contribution >= 4 is 40.6 Å². The number of ether oxygens (including phenoxy) is 1. The lowest BCUT2D eigenvalue weighted by Crippen LogP contribution is -2.38. The molecule has 132 valence electrons. The number of benzene rings is 1. The van der Waals surface area contributed by atoms with Crippen molar-refractivity contribution in [3.63, 3.8) is 0 Å². The van der Waals surface area contributed by atoms with Gasteiger partial charge in [0.15, 0.2) is 5.82 Å². The van der Waals surface area contributed by atoms with Gasteiger partial charge in [0.25, 0.3) is 0 Å². The smallest absolute Gasteiger partial charge is 0.233 e. The molecule has 8 heteroatoms. The van der Waals surface area contributed by atoms with Gasteiger partial charge in [-0.05, 0) is 37.1 Å². The van der Waals surface area contributed by atoms with Gasteiger partial charge in [-0.3, -0.25) is 4.79 Å². The van der Waals surface area contributed by atoms with Gasteiger partial charge < -0.3 is 15.0 Å². The Morgan fingerprint density at radius 3 is 2.52 bits per heavy atom. The second kappa shape index (κ2) is 7.89. The van der Waals surface area contributed by atoms with E-state index in [1.54, 1.807) is 31.4 Å². The first-order valence-electron chi connectivity index (χ1n) is 7.95. The number of hydrogen-bond donors (Lipinski definition) is 1. The number of methoxy groups -OCH3 is 1. The molecule has 25 heavy (non-hydrogen) atoms. The average Bonchev–Trinajstić information content (AvgIpc) is 2.65. The van der Waals surface area contributed by atoms with Crippen molar-refractivity contribution in [1.29, 1.82) is 0 Å². The van der Waals surface area contributed by atoms with Gasteiger partial charge in [-0.15, -0.1) is 10.2 Å². The van der Waals surface area contributed by atoms with Gasteiger partial charge in [0.2, 0.25) is 11.8 Å². The summed E-state index contributed by atoms with van der Waals surface area (Å²) in [5, 5.41) is 11.9. The van der Waals surface area contributed by atoms with Gasteiger partial charge in [-0.25, -0.2) is 0 Å². The van der Waals surface area contributed by atoms with Crippen LogP contribution < -0.4 is 15.0 Å². The number of rotatable bonds is 4. The van der Waals surface area contributed by atoms with Crippen molar-refractivity contribution in [1.82, 2.24) is 10.2 Å². The molecular formula is C17H18Cl2N4O2. The number of carbonyl (C=O) groups is 1. The van der Waals surface area contributed by atoms with Gasteiger partial charge in [-0.1, -0.05) is 23.2 Å². The number of anilines is 2. The van der Waals surface area contributed by atoms with E-state index in [0.717, 1.165) is 31.7 Å². The first-order chi connectivity index (χ1) is 12.1. The number of aromatic nitrogens is 2. The van der Waals surface area contributed by atoms with Crippen LogP contribution in [0.3, 0.4) is 0 Å². The Morgan fingerprint density at radius 1 is 1.16 bits per heavy atom. The molecule has 0 radical (unpaired) electrons. The van der Waals surface area contributed by atoms with Crippen molar-refractivity contribution in [3.05, 3.63) is 40.4 Å². The summed E-state index contributed by atoms with van der Waals surface area (Å²) in [6, 6.07) is 8.73. The second-order valence-electron chi connectivity index (χ2n) is 5.81. The Labute approximate surface area is 156 Å². The molecule has 1 aromatic heterocycles. The number of nitrogens with zero attached hydrogens (tertiary/aromatic N) is 3. The predicted molar refractivity (Wildman–Crippen MR) is 98.6 cm³/mol. The first kappa shape index (κ1) is 17.8. The molecule has 1 aliphatic heterocycles. The Bertz CT molecular complexity index is 747. The lowest BCUT2D eigenvalue weighted by atomic mass is 9.96. The lowest BCUT2D eigenvalue weighted by molar-refractivity contribution is -0.120. The normalized spacial score (nSPS) is 15.1. The lowest BCUT2D eigenvalue weighted by Gasteiger charge is -2.31. The topological polar surface area (TPSA) is 67.3 Å². The minimum absolute atomic E-state index is 0.00106. The minimum Gasteiger partial charge on any atom is -0.480 e. The minimum atomic E-state index is -0.0445. The van der Waals surface area contributed by atoms with Gasteiger partial charge in [0, 0.05) is 30.8 Å². The van der Waals surface area contributed by atoms with Crippen LogP contribution in [0.25, 0.3) is 0 Å². The molecule has 0 bridgehead atoms. The van der Waals surface area contributed by atoms with Crippen molar-refractivity contribution in [2.75, 3.05) is 30.4 Å². The molecule has 1 saturated heterocycles. The molecule has 6 nitrogen and oxygen atoms in total. The summed E-state index contributed by atoms with van der Waals surface area (Å²) in [6.45, 7) is 1.50. The highest BCUT2D eigenvalue weighted by Gasteiger charge is 2.26. The van der Waals surface area contributed by atoms with Crippen LogP contribution in [0.4, 0.5) is 11.5 Å². The average molecular weight is 381 g/mol. The van der Waals surface area contributed by atoms with E-state index in [1.165, 1.54) is 0 Å². The molecule has 1 amide bonds. The molecule has 3 rings (SSSR count). The van der Waals surface area contributed by atoms with Gasteiger partial charge in [0.1, 0.15) is 0 Å². The van der Waals surface area contributed by atoms with Crippen molar-refractivity contribution in [2.45, 2.75) is 12.8 Å². The third kappa shape index (κ3) is 4.32. The summed E-state index contributed by atoms with van der Waals surface area (Å²) in [4.78, 5) is 14.6. The SMILES string of the molecule is COc1ccc(N2CCC(C(=O)Nc3ccc(Cl)c(Cl)c3)CC2)nn1. The standard InChI is InChI=1S/C17H18Cl2N4O2/c1-25-16-5-4-15(21-22-16)23-8-6-11(7-9-23)17(24)20-12-2-3-13(18)14(19)10-12/h2-5,10-11H,6-9H2,1H3,(H,20,24). The van der Waals surface area contributed by atoms with Crippen LogP contribution in [0.1, 0.15) is 12.8 Å². The van der Waals surface area contributed by atoms with E-state index in [2.05, 4.69) is 20.4 Å². The summed E-state index contributed by atoms with van der Waals surface area (Å²) in [5.74, 6) is 1.24. The highest BCUT2D eigenvalue weighted by Crippen LogP contribution is 2.27. The zero-order valence-electron chi connectivity index (χ0n) is 13.7. The summed E-state index contributed by atoms with van der Waals surface area (Å²) < 4.78 is 5.01. The van der Waals surface area contributed by atoms with Crippen molar-refractivity contribution in [3.8, 4) is 5.88 Å². The second-order valence-corrected chi connectivity index (χ2v) is 6.63. The Hall–Kier alpha value is -2.05. The summed E-state index contributed by atoms with van der Waals surface area (Å²) in [6.07, 6.45) is 1.50. The molecule has 1 aliphatic rings. The van der Waals surface area contributed by atoms with Crippen LogP contribution in [-0.4, -0.2) is 36.3 Å². The Kier molecular flexibility index (Phi) is 5.60. The van der Waals surface area contributed by atoms with Gasteiger partial charge in [0.05, 0.1) is 17.2 Å². The Morgan fingerprint density at radius 2 is 1.92 bits per heavy atom. The summed E-state index contributed by atoms with van der Waals surface area (Å²) >= 11 is 11.9. The highest BCUT2D eigenvalue weighted by molar-refractivity contribution is 6.42. The number of halogens is 2. The molecule has 1 fully saturated rings. The predicted octanol–water partition coefficient (Wildman–Crippen LogP) is 3.65. The monoisotopic (exact) mass is 380 g/mol. The van der Waals surface area contributed by atoms with Crippen LogP contribution in [0, 0.1) is 5.92 Å². The zero-order valence-corrected chi connectivity index (χ0v) is 15.2. The molecule has 0 spiro atoms. The zero-order chi connectivity index (χ0) is 17.8. The molecule has 2 aromatic rings. The molecular weight excluding hydrogens is 363 g/mol. The fraction of sp³-hybridized carbons (Fsp3) is 0.353. The molecule has 0 aliphatic carbocycles. The summed E-state index contributed by atoms with van der Waals surface area (Å²) in [7, 11) is 1.56. The van der Waals surface area contributed by atoms with E-state index in [-0.39, 0.29) is 11.8 Å². The van der Waals surface area contributed by atoms with E-state index in [4.69, 9.17) is 27.9 Å². The quantitative estimate of drug-likeness (QED) is 0.876. The van der Waals surface area contributed by atoms with E-state index in [1.807, 2.05) is 6.07 Å². The van der Waals surface area contributed by atoms with Crippen LogP contribution >= 0.6 is 23.2 Å². The number of hydrogen-bond acceptors (Lipinski definition) is 5. The highest BCUT2D eigenvalue weighted by atomic mass is 35.5. The maximum absolute atomic E-state index is 12.4. The third-order valence-corrected chi connectivity index (χ3v) is 4.95. The maximum Gasteiger partial charge on any atom is 0.233 e. The maximum atomic E-state index is 12.4. The first-order valence-corrected chi connectivity index (χ1v) is 8.71. The number of amides is 1. The van der Waals surface area contributed by atoms with E-state index in [9.17, 15) is 4.79 Å². The van der Waals surface area contributed by atoms with Gasteiger partial charge in [-0.2, -0.15) is 0 Å². The largest absolute Gasteiger partial charge is 0.480 e. The van der Waals surface area contributed by atoms with Crippen molar-refractivity contribution in [2.24, 2.45) is 5.92 Å². The summed E-state index contributed by atoms with van der Waals surface area (Å²) in [5.41, 5.74) is 0.655. The van der Waals surface area contributed by atoms with E-state index in [0.29, 0.717) is 21.6 Å². The molecule has 0 atom stereocenters. The Balaban J connectivity index is 1.55. The molecule has 0 saturated carbocycles. The molecule has 0 unspecified atom stereocenters. The molecule has 2 heterocycles. The number of piperidine rings is 1. The van der Waals surface area contributed by atoms with Gasteiger partial charge >= 0.3 is 0 Å². The number of nitrogens with one attached hydrogen (secondary N) is 1. The molecule has 1 aromatic carbocycles. The third-order valence-electron chi connectivity index (χ3n) is 4.21. The van der Waals surface area contributed by atoms with Crippen LogP contribution in [0.5, 0.6) is 5.88 Å². The van der Waals surface area contributed by atoms with Crippen molar-refractivity contribution < 1.29 is 9.53 Å². The van der Waals surface area contributed by atoms with Crippen LogP contribution in [-0.2, 0) is 4.79 Å². The fourth-order valence-corrected chi connectivity index (χ4v) is 3.08.